The number of carbonyl (C=O) groups is 3. The lowest BCUT2D eigenvalue weighted by Crippen LogP contribution is -2.27. The normalized spacial score (nSPS) is 10.9. The largest absolute Gasteiger partial charge is 0.444 e. The van der Waals surface area contributed by atoms with Gasteiger partial charge in [0.05, 0.1) is 27.3 Å². The minimum atomic E-state index is -0.916. The highest BCUT2D eigenvalue weighted by atomic mass is 16.6. The molecular weight excluding hydrogens is 558 g/mol. The summed E-state index contributed by atoms with van der Waals surface area (Å²) in [5.74, 6) is -1.36. The summed E-state index contributed by atoms with van der Waals surface area (Å²) in [6, 6.07) is 14.0. The average Bonchev–Trinajstić information content (AvgIpc) is 2.93. The Morgan fingerprint density at radius 2 is 1.49 bits per heavy atom. The molecule has 0 aliphatic heterocycles. The lowest BCUT2D eigenvalue weighted by Gasteiger charge is -2.21. The predicted molar refractivity (Wildman–Crippen MR) is 162 cm³/mol. The fourth-order valence-corrected chi connectivity index (χ4v) is 4.02. The fraction of sp³-hybridized carbons (Fsp3) is 0.300. The summed E-state index contributed by atoms with van der Waals surface area (Å²) in [4.78, 5) is 59.4. The summed E-state index contributed by atoms with van der Waals surface area (Å²) in [6.45, 7) is 7.16. The van der Waals surface area contributed by atoms with Crippen LogP contribution in [0.3, 0.4) is 0 Å². The molecule has 0 bridgehead atoms. The van der Waals surface area contributed by atoms with Gasteiger partial charge in [0, 0.05) is 17.3 Å². The summed E-state index contributed by atoms with van der Waals surface area (Å²) in [6.07, 6.45) is 3.38. The van der Waals surface area contributed by atoms with Gasteiger partial charge in [0.2, 0.25) is 0 Å². The smallest absolute Gasteiger partial charge is 0.412 e. The number of hydrogen-bond donors (Lipinski definition) is 3. The average molecular weight is 592 g/mol. The molecule has 0 radical (unpaired) electrons. The van der Waals surface area contributed by atoms with E-state index in [1.807, 2.05) is 12.1 Å². The Balaban J connectivity index is 1.87. The van der Waals surface area contributed by atoms with E-state index in [-0.39, 0.29) is 17.1 Å². The van der Waals surface area contributed by atoms with Crippen molar-refractivity contribution < 1.29 is 29.0 Å². The number of carbonyl (C=O) groups excluding carboxylic acids is 3. The second-order valence-corrected chi connectivity index (χ2v) is 10.7. The first-order valence-corrected chi connectivity index (χ1v) is 13.6. The first-order valence-electron chi connectivity index (χ1n) is 13.6. The number of ether oxygens (including phenoxy) is 1. The topological polar surface area (TPSA) is 183 Å². The van der Waals surface area contributed by atoms with E-state index in [2.05, 4.69) is 22.9 Å². The third kappa shape index (κ3) is 9.35. The van der Waals surface area contributed by atoms with E-state index in [4.69, 9.17) is 4.74 Å². The van der Waals surface area contributed by atoms with Crippen molar-refractivity contribution in [3.8, 4) is 0 Å². The molecule has 0 saturated heterocycles. The van der Waals surface area contributed by atoms with Crippen molar-refractivity contribution in [1.82, 2.24) is 0 Å². The van der Waals surface area contributed by atoms with E-state index in [1.165, 1.54) is 18.2 Å². The van der Waals surface area contributed by atoms with Crippen LogP contribution in [0.5, 0.6) is 0 Å². The molecule has 3 rings (SSSR count). The number of anilines is 3. The molecule has 13 nitrogen and oxygen atoms in total. The Labute approximate surface area is 247 Å². The molecule has 0 unspecified atom stereocenters. The molecule has 0 aromatic heterocycles. The second kappa shape index (κ2) is 14.0. The Morgan fingerprint density at radius 1 is 0.791 bits per heavy atom. The van der Waals surface area contributed by atoms with Crippen molar-refractivity contribution in [2.75, 3.05) is 16.0 Å². The van der Waals surface area contributed by atoms with Gasteiger partial charge in [-0.15, -0.1) is 0 Å². The van der Waals surface area contributed by atoms with E-state index >= 15 is 0 Å². The molecule has 3 aromatic rings. The molecular formula is C30H33N5O8. The first kappa shape index (κ1) is 32.2. The van der Waals surface area contributed by atoms with Crippen LogP contribution in [0.2, 0.25) is 0 Å². The van der Waals surface area contributed by atoms with Crippen LogP contribution >= 0.6 is 0 Å². The van der Waals surface area contributed by atoms with Crippen LogP contribution in [0.4, 0.5) is 33.2 Å². The number of rotatable bonds is 11. The van der Waals surface area contributed by atoms with Crippen LogP contribution in [0, 0.1) is 20.2 Å². The van der Waals surface area contributed by atoms with Crippen LogP contribution in [0.1, 0.15) is 73.2 Å². The number of hydrogen-bond acceptors (Lipinski definition) is 8. The molecule has 0 heterocycles. The lowest BCUT2D eigenvalue weighted by molar-refractivity contribution is -0.394. The van der Waals surface area contributed by atoms with Crippen LogP contribution in [0.25, 0.3) is 0 Å². The zero-order valence-electron chi connectivity index (χ0n) is 24.3. The zero-order valence-corrected chi connectivity index (χ0v) is 24.3. The van der Waals surface area contributed by atoms with Gasteiger partial charge in [0.25, 0.3) is 23.2 Å². The van der Waals surface area contributed by atoms with Crippen molar-refractivity contribution in [3.05, 3.63) is 97.6 Å². The molecule has 0 aliphatic rings. The van der Waals surface area contributed by atoms with E-state index in [1.54, 1.807) is 32.9 Å². The Hall–Kier alpha value is -5.33. The van der Waals surface area contributed by atoms with E-state index < -0.39 is 50.3 Å². The number of nitrogens with one attached hydrogen (secondary N) is 3. The van der Waals surface area contributed by atoms with Crippen LogP contribution in [-0.2, 0) is 11.2 Å². The standard InChI is InChI=1S/C30H33N5O8/c1-5-6-7-8-19-9-11-20(12-10-19)27(36)32-24-16-13-21(17-25(24)33-29(38)43-30(2,3)4)31-28(37)23-15-14-22(34(39)40)18-26(23)35(41)42/h9-18H,5-8H2,1-4H3,(H,31,37)(H,32,36)(H,33,38). The zero-order chi connectivity index (χ0) is 31.7. The monoisotopic (exact) mass is 591 g/mol. The quantitative estimate of drug-likeness (QED) is 0.120. The van der Waals surface area contributed by atoms with E-state index in [9.17, 15) is 34.6 Å². The molecule has 0 spiro atoms. The van der Waals surface area contributed by atoms with Gasteiger partial charge in [0.1, 0.15) is 11.2 Å². The molecule has 3 amide bonds. The van der Waals surface area contributed by atoms with Gasteiger partial charge in [-0.3, -0.25) is 35.1 Å². The number of non-ortho nitro benzene ring substituents is 1. The number of amides is 3. The summed E-state index contributed by atoms with van der Waals surface area (Å²) >= 11 is 0. The maximum absolute atomic E-state index is 13.0. The molecule has 3 N–H and O–H groups in total. The fourth-order valence-electron chi connectivity index (χ4n) is 4.02. The molecule has 43 heavy (non-hydrogen) atoms. The number of nitro groups is 2. The van der Waals surface area contributed by atoms with Gasteiger partial charge in [-0.2, -0.15) is 0 Å². The van der Waals surface area contributed by atoms with Gasteiger partial charge in [-0.25, -0.2) is 4.79 Å². The number of nitrogens with zero attached hydrogens (tertiary/aromatic N) is 2. The minimum Gasteiger partial charge on any atom is -0.444 e. The third-order valence-electron chi connectivity index (χ3n) is 6.08. The first-order chi connectivity index (χ1) is 20.3. The predicted octanol–water partition coefficient (Wildman–Crippen LogP) is 7.09. The van der Waals surface area contributed by atoms with Crippen molar-refractivity contribution in [2.24, 2.45) is 0 Å². The van der Waals surface area contributed by atoms with Gasteiger partial charge in [0.15, 0.2) is 0 Å². The van der Waals surface area contributed by atoms with Crippen molar-refractivity contribution in [2.45, 2.75) is 59.0 Å². The third-order valence-corrected chi connectivity index (χ3v) is 6.08. The van der Waals surface area contributed by atoms with E-state index in [0.29, 0.717) is 11.6 Å². The van der Waals surface area contributed by atoms with Crippen molar-refractivity contribution in [1.29, 1.82) is 0 Å². The van der Waals surface area contributed by atoms with Crippen molar-refractivity contribution in [3.63, 3.8) is 0 Å². The van der Waals surface area contributed by atoms with Crippen LogP contribution in [0.15, 0.2) is 60.7 Å². The van der Waals surface area contributed by atoms with Gasteiger partial charge in [-0.05, 0) is 75.6 Å². The number of unbranched alkanes of at least 4 members (excludes halogenated alkanes) is 2. The summed E-state index contributed by atoms with van der Waals surface area (Å²) in [5, 5.41) is 30.3. The Morgan fingerprint density at radius 3 is 2.09 bits per heavy atom. The number of aryl methyl sites for hydroxylation is 1. The molecule has 0 fully saturated rings. The SMILES string of the molecule is CCCCCc1ccc(C(=O)Nc2ccc(NC(=O)c3ccc([N+](=O)[O-])cc3[N+](=O)[O-])cc2NC(=O)OC(C)(C)C)cc1. The molecule has 226 valence electrons. The molecule has 13 heteroatoms. The van der Waals surface area contributed by atoms with Gasteiger partial charge < -0.3 is 15.4 Å². The van der Waals surface area contributed by atoms with E-state index in [0.717, 1.165) is 43.4 Å². The van der Waals surface area contributed by atoms with Crippen LogP contribution < -0.4 is 16.0 Å². The van der Waals surface area contributed by atoms with Gasteiger partial charge >= 0.3 is 6.09 Å². The molecule has 3 aromatic carbocycles. The molecule has 0 saturated carbocycles. The highest BCUT2D eigenvalue weighted by molar-refractivity contribution is 6.09. The summed E-state index contributed by atoms with van der Waals surface area (Å²) in [7, 11) is 0. The number of nitro benzene ring substituents is 2. The maximum Gasteiger partial charge on any atom is 0.412 e. The highest BCUT2D eigenvalue weighted by Gasteiger charge is 2.25. The number of benzene rings is 3. The molecule has 0 aliphatic carbocycles. The summed E-state index contributed by atoms with van der Waals surface area (Å²) in [5.41, 5.74) is -0.635. The highest BCUT2D eigenvalue weighted by Crippen LogP contribution is 2.30. The van der Waals surface area contributed by atoms with Crippen molar-refractivity contribution >= 4 is 46.3 Å². The van der Waals surface area contributed by atoms with Crippen LogP contribution in [-0.4, -0.2) is 33.4 Å². The lowest BCUT2D eigenvalue weighted by atomic mass is 10.0. The second-order valence-electron chi connectivity index (χ2n) is 10.7. The Bertz CT molecular complexity index is 1530. The Kier molecular flexibility index (Phi) is 10.5. The van der Waals surface area contributed by atoms with Gasteiger partial charge in [-0.1, -0.05) is 31.9 Å². The minimum absolute atomic E-state index is 0.0785. The summed E-state index contributed by atoms with van der Waals surface area (Å²) < 4.78 is 5.32. The maximum atomic E-state index is 13.0. The molecule has 0 atom stereocenters.